The number of nitrogens with zero attached hydrogens (tertiary/aromatic N) is 1. The molecule has 2 N–H and O–H groups in total. The minimum Gasteiger partial charge on any atom is -0.377 e. The van der Waals surface area contributed by atoms with Gasteiger partial charge < -0.3 is 15.4 Å². The summed E-state index contributed by atoms with van der Waals surface area (Å²) in [6.45, 7) is 7.09. The number of carbonyl (C=O) groups is 1. The first-order valence-corrected chi connectivity index (χ1v) is 6.76. The SMILES string of the molecule is CCOC(CN)CCN1CCC(C)CCC1=O. The van der Waals surface area contributed by atoms with Crippen LogP contribution in [-0.2, 0) is 9.53 Å². The van der Waals surface area contributed by atoms with Crippen molar-refractivity contribution in [2.24, 2.45) is 11.7 Å². The molecule has 1 aliphatic heterocycles. The largest absolute Gasteiger partial charge is 0.377 e. The molecule has 17 heavy (non-hydrogen) atoms. The lowest BCUT2D eigenvalue weighted by atomic mass is 10.0. The summed E-state index contributed by atoms with van der Waals surface area (Å²) in [4.78, 5) is 13.8. The van der Waals surface area contributed by atoms with E-state index in [1.165, 1.54) is 0 Å². The molecule has 1 rings (SSSR count). The van der Waals surface area contributed by atoms with E-state index in [0.717, 1.165) is 32.4 Å². The number of carbonyl (C=O) groups excluding carboxylic acids is 1. The van der Waals surface area contributed by atoms with Crippen LogP contribution < -0.4 is 5.73 Å². The maximum atomic E-state index is 11.9. The average Bonchev–Trinajstić information content (AvgIpc) is 2.48. The summed E-state index contributed by atoms with van der Waals surface area (Å²) >= 11 is 0. The first kappa shape index (κ1) is 14.5. The van der Waals surface area contributed by atoms with E-state index in [-0.39, 0.29) is 6.10 Å². The molecule has 1 saturated heterocycles. The molecular formula is C13H26N2O2. The molecule has 0 spiro atoms. The molecule has 2 atom stereocenters. The molecule has 1 amide bonds. The Balaban J connectivity index is 2.35. The topological polar surface area (TPSA) is 55.6 Å². The third-order valence-corrected chi connectivity index (χ3v) is 3.48. The summed E-state index contributed by atoms with van der Waals surface area (Å²) < 4.78 is 5.51. The van der Waals surface area contributed by atoms with Crippen molar-refractivity contribution in [2.75, 3.05) is 26.2 Å². The van der Waals surface area contributed by atoms with Crippen LogP contribution in [0.1, 0.15) is 39.5 Å². The van der Waals surface area contributed by atoms with Crippen molar-refractivity contribution in [2.45, 2.75) is 45.6 Å². The van der Waals surface area contributed by atoms with E-state index in [1.54, 1.807) is 0 Å². The van der Waals surface area contributed by atoms with Gasteiger partial charge in [-0.25, -0.2) is 0 Å². The third-order valence-electron chi connectivity index (χ3n) is 3.48. The van der Waals surface area contributed by atoms with Crippen LogP contribution in [0.4, 0.5) is 0 Å². The first-order valence-electron chi connectivity index (χ1n) is 6.76. The average molecular weight is 242 g/mol. The molecule has 0 aromatic carbocycles. The number of nitrogens with two attached hydrogens (primary N) is 1. The summed E-state index contributed by atoms with van der Waals surface area (Å²) in [7, 11) is 0. The number of hydrogen-bond donors (Lipinski definition) is 1. The Hall–Kier alpha value is -0.610. The molecular weight excluding hydrogens is 216 g/mol. The van der Waals surface area contributed by atoms with Crippen molar-refractivity contribution >= 4 is 5.91 Å². The van der Waals surface area contributed by atoms with E-state index in [4.69, 9.17) is 10.5 Å². The summed E-state index contributed by atoms with van der Waals surface area (Å²) in [6, 6.07) is 0. The molecule has 100 valence electrons. The van der Waals surface area contributed by atoms with E-state index in [1.807, 2.05) is 11.8 Å². The molecule has 0 aliphatic carbocycles. The second-order valence-electron chi connectivity index (χ2n) is 4.92. The van der Waals surface area contributed by atoms with Gasteiger partial charge in [-0.2, -0.15) is 0 Å². The molecule has 0 bridgehead atoms. The molecule has 1 heterocycles. The van der Waals surface area contributed by atoms with Gasteiger partial charge in [-0.3, -0.25) is 4.79 Å². The number of rotatable bonds is 6. The van der Waals surface area contributed by atoms with Gasteiger partial charge in [0.1, 0.15) is 0 Å². The minimum atomic E-state index is 0.0912. The quantitative estimate of drug-likeness (QED) is 0.765. The maximum absolute atomic E-state index is 11.9. The monoisotopic (exact) mass is 242 g/mol. The Morgan fingerprint density at radius 2 is 2.29 bits per heavy atom. The fourth-order valence-electron chi connectivity index (χ4n) is 2.21. The Morgan fingerprint density at radius 3 is 2.94 bits per heavy atom. The minimum absolute atomic E-state index is 0.0912. The summed E-state index contributed by atoms with van der Waals surface area (Å²) in [6.07, 6.45) is 3.79. The molecule has 1 fully saturated rings. The van der Waals surface area contributed by atoms with Crippen LogP contribution in [0, 0.1) is 5.92 Å². The van der Waals surface area contributed by atoms with Gasteiger partial charge in [0.15, 0.2) is 0 Å². The van der Waals surface area contributed by atoms with Crippen molar-refractivity contribution in [3.8, 4) is 0 Å². The predicted molar refractivity (Wildman–Crippen MR) is 68.7 cm³/mol. The molecule has 0 aromatic rings. The van der Waals surface area contributed by atoms with Crippen LogP contribution in [-0.4, -0.2) is 43.2 Å². The lowest BCUT2D eigenvalue weighted by molar-refractivity contribution is -0.131. The predicted octanol–water partition coefficient (Wildman–Crippen LogP) is 1.39. The maximum Gasteiger partial charge on any atom is 0.222 e. The Kier molecular flexibility index (Phi) is 6.52. The lowest BCUT2D eigenvalue weighted by Crippen LogP contribution is -2.35. The smallest absolute Gasteiger partial charge is 0.222 e. The molecule has 4 heteroatoms. The molecule has 0 aromatic heterocycles. The van der Waals surface area contributed by atoms with Gasteiger partial charge in [-0.15, -0.1) is 0 Å². The number of amides is 1. The van der Waals surface area contributed by atoms with E-state index in [2.05, 4.69) is 6.92 Å². The molecule has 1 aliphatic rings. The second-order valence-corrected chi connectivity index (χ2v) is 4.92. The highest BCUT2D eigenvalue weighted by Gasteiger charge is 2.20. The van der Waals surface area contributed by atoms with Gasteiger partial charge in [0, 0.05) is 32.7 Å². The van der Waals surface area contributed by atoms with Gasteiger partial charge in [0.25, 0.3) is 0 Å². The first-order chi connectivity index (χ1) is 8.17. The number of ether oxygens (including phenoxy) is 1. The van der Waals surface area contributed by atoms with Crippen molar-refractivity contribution < 1.29 is 9.53 Å². The molecule has 2 unspecified atom stereocenters. The van der Waals surface area contributed by atoms with E-state index in [9.17, 15) is 4.79 Å². The standard InChI is InChI=1S/C13H26N2O2/c1-3-17-12(10-14)7-9-15-8-6-11(2)4-5-13(15)16/h11-12H,3-10,14H2,1-2H3. The van der Waals surface area contributed by atoms with Crippen LogP contribution >= 0.6 is 0 Å². The number of likely N-dealkylation sites (tertiary alicyclic amines) is 1. The zero-order chi connectivity index (χ0) is 12.7. The van der Waals surface area contributed by atoms with Crippen molar-refractivity contribution in [1.82, 2.24) is 4.90 Å². The van der Waals surface area contributed by atoms with Gasteiger partial charge in [-0.05, 0) is 32.1 Å². The Labute approximate surface area is 104 Å². The van der Waals surface area contributed by atoms with E-state index < -0.39 is 0 Å². The zero-order valence-corrected chi connectivity index (χ0v) is 11.2. The van der Waals surface area contributed by atoms with Crippen molar-refractivity contribution in [3.63, 3.8) is 0 Å². The summed E-state index contributed by atoms with van der Waals surface area (Å²) in [5, 5.41) is 0. The van der Waals surface area contributed by atoms with Crippen LogP contribution in [0.3, 0.4) is 0 Å². The highest BCUT2D eigenvalue weighted by Crippen LogP contribution is 2.17. The highest BCUT2D eigenvalue weighted by atomic mass is 16.5. The fraction of sp³-hybridized carbons (Fsp3) is 0.923. The third kappa shape index (κ3) is 5.04. The molecule has 0 saturated carbocycles. The van der Waals surface area contributed by atoms with Gasteiger partial charge in [0.2, 0.25) is 5.91 Å². The summed E-state index contributed by atoms with van der Waals surface area (Å²) in [5.41, 5.74) is 5.63. The summed E-state index contributed by atoms with van der Waals surface area (Å²) in [5.74, 6) is 0.961. The van der Waals surface area contributed by atoms with Crippen LogP contribution in [0.5, 0.6) is 0 Å². The fourth-order valence-corrected chi connectivity index (χ4v) is 2.21. The van der Waals surface area contributed by atoms with Crippen molar-refractivity contribution in [3.05, 3.63) is 0 Å². The normalized spacial score (nSPS) is 23.6. The van der Waals surface area contributed by atoms with E-state index >= 15 is 0 Å². The lowest BCUT2D eigenvalue weighted by Gasteiger charge is -2.23. The molecule has 0 radical (unpaired) electrons. The number of hydrogen-bond acceptors (Lipinski definition) is 3. The van der Waals surface area contributed by atoms with Gasteiger partial charge >= 0.3 is 0 Å². The highest BCUT2D eigenvalue weighted by molar-refractivity contribution is 5.76. The Bertz CT molecular complexity index is 233. The molecule has 4 nitrogen and oxygen atoms in total. The van der Waals surface area contributed by atoms with Crippen molar-refractivity contribution in [1.29, 1.82) is 0 Å². The zero-order valence-electron chi connectivity index (χ0n) is 11.2. The van der Waals surface area contributed by atoms with E-state index in [0.29, 0.717) is 31.4 Å². The Morgan fingerprint density at radius 1 is 1.53 bits per heavy atom. The van der Waals surface area contributed by atoms with Crippen LogP contribution in [0.2, 0.25) is 0 Å². The van der Waals surface area contributed by atoms with Crippen LogP contribution in [0.15, 0.2) is 0 Å². The van der Waals surface area contributed by atoms with Gasteiger partial charge in [-0.1, -0.05) is 6.92 Å². The second kappa shape index (κ2) is 7.67. The van der Waals surface area contributed by atoms with Crippen LogP contribution in [0.25, 0.3) is 0 Å². The van der Waals surface area contributed by atoms with Gasteiger partial charge in [0.05, 0.1) is 6.10 Å².